The first-order valence-corrected chi connectivity index (χ1v) is 7.47. The van der Waals surface area contributed by atoms with Crippen molar-refractivity contribution in [2.75, 3.05) is 79.0 Å². The van der Waals surface area contributed by atoms with E-state index in [9.17, 15) is 0 Å². The molecule has 0 radical (unpaired) electrons. The van der Waals surface area contributed by atoms with Gasteiger partial charge in [0, 0.05) is 65.4 Å². The van der Waals surface area contributed by atoms with Crippen LogP contribution in [-0.2, 0) is 0 Å². The van der Waals surface area contributed by atoms with E-state index in [1.165, 1.54) is 0 Å². The lowest BCUT2D eigenvalue weighted by Gasteiger charge is -2.20. The van der Waals surface area contributed by atoms with E-state index in [0.29, 0.717) is 13.1 Å². The summed E-state index contributed by atoms with van der Waals surface area (Å²) in [7, 11) is 2.14. The van der Waals surface area contributed by atoms with Crippen molar-refractivity contribution in [1.29, 1.82) is 0 Å². The summed E-state index contributed by atoms with van der Waals surface area (Å²) < 4.78 is 0. The average molecular weight is 274 g/mol. The topological polar surface area (TPSA) is 82.6 Å². The van der Waals surface area contributed by atoms with Gasteiger partial charge in [0.25, 0.3) is 0 Å². The predicted octanol–water partition coefficient (Wildman–Crippen LogP) is -1.66. The van der Waals surface area contributed by atoms with Crippen LogP contribution in [-0.4, -0.2) is 88.8 Å². The second-order valence-corrected chi connectivity index (χ2v) is 4.81. The summed E-state index contributed by atoms with van der Waals surface area (Å²) in [6.45, 7) is 12.8. The van der Waals surface area contributed by atoms with E-state index in [1.807, 2.05) is 0 Å². The Morgan fingerprint density at radius 3 is 1.79 bits per heavy atom. The quantitative estimate of drug-likeness (QED) is 0.284. The molecule has 0 aromatic heterocycles. The first-order valence-electron chi connectivity index (χ1n) is 7.47. The van der Waals surface area contributed by atoms with Crippen molar-refractivity contribution in [3.05, 3.63) is 0 Å². The zero-order chi connectivity index (χ0) is 14.3. The third-order valence-corrected chi connectivity index (χ3v) is 3.18. The summed E-state index contributed by atoms with van der Waals surface area (Å²) in [6, 6.07) is 0. The third-order valence-electron chi connectivity index (χ3n) is 3.18. The van der Waals surface area contributed by atoms with E-state index >= 15 is 0 Å². The zero-order valence-electron chi connectivity index (χ0n) is 12.8. The number of likely N-dealkylation sites (N-methyl/N-ethyl adjacent to an activating group) is 1. The minimum absolute atomic E-state index is 0.701. The van der Waals surface area contributed by atoms with E-state index in [4.69, 9.17) is 11.5 Å². The van der Waals surface area contributed by atoms with E-state index < -0.39 is 0 Å². The Morgan fingerprint density at radius 2 is 1.32 bits per heavy atom. The molecule has 116 valence electrons. The van der Waals surface area contributed by atoms with Gasteiger partial charge in [0.15, 0.2) is 0 Å². The maximum Gasteiger partial charge on any atom is 0.0108 e. The molecule has 0 bridgehead atoms. The van der Waals surface area contributed by atoms with Crippen LogP contribution in [0, 0.1) is 0 Å². The lowest BCUT2D eigenvalue weighted by molar-refractivity contribution is 0.288. The van der Waals surface area contributed by atoms with Gasteiger partial charge < -0.3 is 27.0 Å². The molecular formula is C13H34N6. The molecule has 0 fully saturated rings. The highest BCUT2D eigenvalue weighted by molar-refractivity contribution is 4.62. The maximum absolute atomic E-state index is 5.56. The van der Waals surface area contributed by atoms with Gasteiger partial charge in [-0.2, -0.15) is 0 Å². The van der Waals surface area contributed by atoms with E-state index in [2.05, 4.69) is 34.4 Å². The Morgan fingerprint density at radius 1 is 0.789 bits per heavy atom. The number of hydrogen-bond acceptors (Lipinski definition) is 6. The van der Waals surface area contributed by atoms with Crippen LogP contribution in [0.3, 0.4) is 0 Å². The highest BCUT2D eigenvalue weighted by atomic mass is 15.1. The van der Waals surface area contributed by atoms with Gasteiger partial charge >= 0.3 is 0 Å². The minimum atomic E-state index is 0.701. The van der Waals surface area contributed by atoms with Gasteiger partial charge in [0.2, 0.25) is 0 Å². The molecule has 0 atom stereocenters. The average Bonchev–Trinajstić information content (AvgIpc) is 2.41. The maximum atomic E-state index is 5.56. The largest absolute Gasteiger partial charge is 0.329 e. The summed E-state index contributed by atoms with van der Waals surface area (Å²) in [5, 5.41) is 6.87. The van der Waals surface area contributed by atoms with Crippen molar-refractivity contribution < 1.29 is 0 Å². The van der Waals surface area contributed by atoms with Crippen LogP contribution in [0.25, 0.3) is 0 Å². The van der Waals surface area contributed by atoms with Crippen LogP contribution in [0.4, 0.5) is 0 Å². The van der Waals surface area contributed by atoms with Crippen LogP contribution >= 0.6 is 0 Å². The summed E-state index contributed by atoms with van der Waals surface area (Å²) in [6.07, 6.45) is 0. The predicted molar refractivity (Wildman–Crippen MR) is 83.5 cm³/mol. The number of nitrogens with zero attached hydrogens (tertiary/aromatic N) is 2. The normalized spacial score (nSPS) is 11.7. The van der Waals surface area contributed by atoms with E-state index in [-0.39, 0.29) is 0 Å². The Hall–Kier alpha value is -0.240. The first-order chi connectivity index (χ1) is 9.24. The van der Waals surface area contributed by atoms with E-state index in [0.717, 1.165) is 58.9 Å². The summed E-state index contributed by atoms with van der Waals surface area (Å²) in [5.74, 6) is 0. The fraction of sp³-hybridized carbons (Fsp3) is 1.00. The van der Waals surface area contributed by atoms with Crippen molar-refractivity contribution in [3.63, 3.8) is 0 Å². The minimum Gasteiger partial charge on any atom is -0.329 e. The Bertz CT molecular complexity index is 173. The van der Waals surface area contributed by atoms with E-state index in [1.54, 1.807) is 0 Å². The highest BCUT2D eigenvalue weighted by Gasteiger charge is 2.01. The second-order valence-electron chi connectivity index (χ2n) is 4.81. The van der Waals surface area contributed by atoms with Crippen molar-refractivity contribution in [2.45, 2.75) is 6.92 Å². The van der Waals surface area contributed by atoms with Crippen LogP contribution in [0.15, 0.2) is 0 Å². The number of rotatable bonds is 14. The summed E-state index contributed by atoms with van der Waals surface area (Å²) >= 11 is 0. The van der Waals surface area contributed by atoms with Gasteiger partial charge in [0.05, 0.1) is 0 Å². The van der Waals surface area contributed by atoms with Gasteiger partial charge in [-0.15, -0.1) is 0 Å². The molecule has 0 aliphatic heterocycles. The SMILES string of the molecule is CCN(C)CCNCCNCCN(CCN)CCN. The van der Waals surface area contributed by atoms with Crippen LogP contribution in [0.5, 0.6) is 0 Å². The molecule has 0 amide bonds. The molecule has 19 heavy (non-hydrogen) atoms. The molecule has 0 saturated carbocycles. The molecule has 6 N–H and O–H groups in total. The Kier molecular flexibility index (Phi) is 14.0. The van der Waals surface area contributed by atoms with Gasteiger partial charge in [-0.1, -0.05) is 6.92 Å². The molecule has 0 heterocycles. The van der Waals surface area contributed by atoms with Gasteiger partial charge in [0.1, 0.15) is 0 Å². The molecular weight excluding hydrogens is 240 g/mol. The number of nitrogens with one attached hydrogen (secondary N) is 2. The highest BCUT2D eigenvalue weighted by Crippen LogP contribution is 1.83. The lowest BCUT2D eigenvalue weighted by atomic mass is 10.4. The fourth-order valence-electron chi connectivity index (χ4n) is 1.79. The van der Waals surface area contributed by atoms with Crippen molar-refractivity contribution >= 4 is 0 Å². The van der Waals surface area contributed by atoms with Crippen LogP contribution < -0.4 is 22.1 Å². The zero-order valence-corrected chi connectivity index (χ0v) is 12.8. The molecule has 0 aliphatic carbocycles. The summed E-state index contributed by atoms with van der Waals surface area (Å²) in [5.41, 5.74) is 11.1. The molecule has 0 aliphatic rings. The Balaban J connectivity index is 3.29. The number of hydrogen-bond donors (Lipinski definition) is 4. The van der Waals surface area contributed by atoms with Crippen molar-refractivity contribution in [1.82, 2.24) is 20.4 Å². The van der Waals surface area contributed by atoms with Gasteiger partial charge in [-0.3, -0.25) is 4.90 Å². The summed E-state index contributed by atoms with van der Waals surface area (Å²) in [4.78, 5) is 4.61. The molecule has 6 nitrogen and oxygen atoms in total. The van der Waals surface area contributed by atoms with Crippen molar-refractivity contribution in [2.24, 2.45) is 11.5 Å². The monoisotopic (exact) mass is 274 g/mol. The van der Waals surface area contributed by atoms with Gasteiger partial charge in [-0.05, 0) is 13.6 Å². The smallest absolute Gasteiger partial charge is 0.0108 e. The molecule has 0 aromatic carbocycles. The Labute approximate surface area is 118 Å². The molecule has 0 spiro atoms. The first kappa shape index (κ1) is 18.8. The van der Waals surface area contributed by atoms with Crippen LogP contribution in [0.2, 0.25) is 0 Å². The fourth-order valence-corrected chi connectivity index (χ4v) is 1.79. The number of nitrogens with two attached hydrogens (primary N) is 2. The van der Waals surface area contributed by atoms with Crippen molar-refractivity contribution in [3.8, 4) is 0 Å². The molecule has 6 heteroatoms. The second kappa shape index (κ2) is 14.2. The lowest BCUT2D eigenvalue weighted by Crippen LogP contribution is -2.40. The molecule has 0 aromatic rings. The third kappa shape index (κ3) is 12.5. The molecule has 0 rings (SSSR count). The molecule has 0 unspecified atom stereocenters. The standard InChI is InChI=1S/C13H34N6/c1-3-18(2)12-8-16-6-7-17-9-13-19(10-4-14)11-5-15/h16-17H,3-15H2,1-2H3. The van der Waals surface area contributed by atoms with Crippen LogP contribution in [0.1, 0.15) is 6.92 Å². The van der Waals surface area contributed by atoms with Gasteiger partial charge in [-0.25, -0.2) is 0 Å². The molecule has 0 saturated heterocycles.